The second kappa shape index (κ2) is 23.5. The molecule has 14 nitrogen and oxygen atoms in total. The lowest BCUT2D eigenvalue weighted by molar-refractivity contribution is -0.138. The Kier molecular flexibility index (Phi) is 16.7. The number of allylic oxidation sites excluding steroid dienone is 4. The van der Waals surface area contributed by atoms with Crippen LogP contribution in [-0.4, -0.2) is 122 Å². The topological polar surface area (TPSA) is 171 Å². The first-order valence-electron chi connectivity index (χ1n) is 26.8. The van der Waals surface area contributed by atoms with E-state index < -0.39 is 11.7 Å². The molecule has 1 aliphatic heterocycles. The van der Waals surface area contributed by atoms with Crippen LogP contribution >= 0.6 is 0 Å². The summed E-state index contributed by atoms with van der Waals surface area (Å²) < 4.78 is 26.1. The fraction of sp³-hybridized carbons (Fsp3) is 0.508. The predicted molar refractivity (Wildman–Crippen MR) is 281 cm³/mol. The second-order valence-corrected chi connectivity index (χ2v) is 21.4. The van der Waals surface area contributed by atoms with Gasteiger partial charge >= 0.3 is 0 Å². The normalized spacial score (nSPS) is 22.5. The highest BCUT2D eigenvalue weighted by molar-refractivity contribution is 5.95. The molecule has 2 saturated carbocycles. The quantitative estimate of drug-likeness (QED) is 0.0831. The molecule has 1 saturated heterocycles. The number of nitrogens with one attached hydrogen (secondary N) is 2. The van der Waals surface area contributed by atoms with Crippen molar-refractivity contribution in [3.05, 3.63) is 128 Å². The van der Waals surface area contributed by atoms with E-state index in [9.17, 15) is 33.2 Å². The number of anilines is 1. The van der Waals surface area contributed by atoms with Crippen LogP contribution in [0.5, 0.6) is 0 Å². The molecule has 5 aliphatic rings. The summed E-state index contributed by atoms with van der Waals surface area (Å²) in [6, 6.07) is 20.6. The minimum atomic E-state index is -0.633. The number of ketones is 2. The zero-order chi connectivity index (χ0) is 51.9. The first-order chi connectivity index (χ1) is 35.8. The van der Waals surface area contributed by atoms with E-state index in [1.807, 2.05) is 18.2 Å². The van der Waals surface area contributed by atoms with Crippen LogP contribution in [0.1, 0.15) is 118 Å². The summed E-state index contributed by atoms with van der Waals surface area (Å²) in [5.41, 5.74) is 7.65. The van der Waals surface area contributed by atoms with Gasteiger partial charge in [-0.15, -0.1) is 0 Å². The van der Waals surface area contributed by atoms with E-state index in [-0.39, 0.29) is 78.9 Å². The number of carbonyl (C=O) groups excluding carboxylic acids is 5. The van der Waals surface area contributed by atoms with Crippen molar-refractivity contribution in [1.29, 1.82) is 0 Å². The van der Waals surface area contributed by atoms with Crippen LogP contribution in [0.15, 0.2) is 94.3 Å². The molecule has 15 heteroatoms. The predicted octanol–water partition coefficient (Wildman–Crippen LogP) is 7.89. The number of nitrogens with zero attached hydrogens (tertiary/aromatic N) is 4. The van der Waals surface area contributed by atoms with Gasteiger partial charge < -0.3 is 29.5 Å². The number of H-pyrrole nitrogens is 1. The Balaban J connectivity index is 0.629. The van der Waals surface area contributed by atoms with E-state index in [1.54, 1.807) is 40.5 Å². The van der Waals surface area contributed by atoms with E-state index in [1.165, 1.54) is 28.8 Å². The van der Waals surface area contributed by atoms with Crippen molar-refractivity contribution in [2.45, 2.75) is 96.8 Å². The lowest BCUT2D eigenvalue weighted by atomic mass is 9.51. The molecule has 2 N–H and O–H groups in total. The van der Waals surface area contributed by atoms with Crippen molar-refractivity contribution < 1.29 is 37.8 Å². The molecule has 2 heterocycles. The molecule has 4 aromatic rings. The number of hydrogen-bond acceptors (Lipinski definition) is 10. The third-order valence-electron chi connectivity index (χ3n) is 16.8. The molecule has 0 radical (unpaired) electrons. The highest BCUT2D eigenvalue weighted by Crippen LogP contribution is 2.65. The Labute approximate surface area is 433 Å². The summed E-state index contributed by atoms with van der Waals surface area (Å²) in [5.74, 6) is 0.635. The molecule has 74 heavy (non-hydrogen) atoms. The highest BCUT2D eigenvalue weighted by Gasteiger charge is 2.57. The van der Waals surface area contributed by atoms with Crippen molar-refractivity contribution in [3.63, 3.8) is 0 Å². The number of benzene rings is 3. The first-order valence-corrected chi connectivity index (χ1v) is 26.8. The van der Waals surface area contributed by atoms with Crippen LogP contribution in [0.4, 0.5) is 10.1 Å². The molecule has 3 amide bonds. The van der Waals surface area contributed by atoms with Crippen molar-refractivity contribution >= 4 is 45.7 Å². The van der Waals surface area contributed by atoms with Gasteiger partial charge in [0.2, 0.25) is 11.8 Å². The number of Topliss-reactive ketones (excluding diaryl/α,β-unsaturated/α-hetero) is 1. The van der Waals surface area contributed by atoms with Gasteiger partial charge in [0.1, 0.15) is 18.2 Å². The standard InChI is InChI=1S/C59H71FN6O8/c1-38(67)50-21-22-51-47-19-15-41-35-43(68)18-20-44(41)56(47)49(36-59(50,51)2)40-13-16-42(17-14-40)64(3)25-8-4-5-11-54(69)61-24-30-73-31-32-74-37-55(70)65-26-28-66(29-27-65)58(72)48-33-39(12-23-52(48)60)34-53-45-9-6-7-10-46(45)57(71)63-62-53/h6-7,9-10,12-14,16-17,23,33,35,47,49-51H,4-5,8,11,15,18-22,24-32,34,36-37H2,1-3H3,(H,61,69)(H,63,71). The Morgan fingerprint density at radius 3 is 2.41 bits per heavy atom. The first kappa shape index (κ1) is 52.5. The van der Waals surface area contributed by atoms with Crippen LogP contribution in [-0.2, 0) is 35.1 Å². The number of rotatable bonds is 20. The van der Waals surface area contributed by atoms with Crippen molar-refractivity contribution in [3.8, 4) is 0 Å². The Morgan fingerprint density at radius 1 is 0.865 bits per heavy atom. The summed E-state index contributed by atoms with van der Waals surface area (Å²) in [6.07, 6.45) is 11.9. The van der Waals surface area contributed by atoms with Crippen molar-refractivity contribution in [1.82, 2.24) is 25.3 Å². The molecule has 0 bridgehead atoms. The summed E-state index contributed by atoms with van der Waals surface area (Å²) in [4.78, 5) is 81.9. The van der Waals surface area contributed by atoms with E-state index in [2.05, 4.69) is 58.7 Å². The molecule has 0 spiro atoms. The number of unbranched alkanes of at least 4 members (excludes halogenated alkanes) is 2. The van der Waals surface area contributed by atoms with Gasteiger partial charge in [0.05, 0.1) is 36.5 Å². The number of halogens is 1. The van der Waals surface area contributed by atoms with Gasteiger partial charge in [-0.2, -0.15) is 5.10 Å². The molecule has 5 atom stereocenters. The third kappa shape index (κ3) is 11.6. The number of hydrogen-bond donors (Lipinski definition) is 2. The number of carbonyl (C=O) groups is 5. The average molecular weight is 1010 g/mol. The maximum absolute atomic E-state index is 15.0. The van der Waals surface area contributed by atoms with Gasteiger partial charge in [0.15, 0.2) is 5.78 Å². The van der Waals surface area contributed by atoms with Gasteiger partial charge in [-0.3, -0.25) is 28.8 Å². The fourth-order valence-corrected chi connectivity index (χ4v) is 13.0. The van der Waals surface area contributed by atoms with Crippen LogP contribution in [0.25, 0.3) is 10.8 Å². The number of aromatic amines is 1. The Bertz CT molecular complexity index is 2870. The molecular weight excluding hydrogens is 940 g/mol. The zero-order valence-corrected chi connectivity index (χ0v) is 43.2. The molecule has 4 aliphatic carbocycles. The minimum absolute atomic E-state index is 0.0114. The van der Waals surface area contributed by atoms with E-state index in [0.29, 0.717) is 85.2 Å². The second-order valence-electron chi connectivity index (χ2n) is 21.4. The van der Waals surface area contributed by atoms with Crippen LogP contribution in [0.2, 0.25) is 0 Å². The van der Waals surface area contributed by atoms with Crippen LogP contribution < -0.4 is 15.8 Å². The summed E-state index contributed by atoms with van der Waals surface area (Å²) >= 11 is 0. The maximum Gasteiger partial charge on any atom is 0.272 e. The highest BCUT2D eigenvalue weighted by atomic mass is 19.1. The van der Waals surface area contributed by atoms with Gasteiger partial charge in [-0.25, -0.2) is 9.49 Å². The Hall–Kier alpha value is -6.32. The molecule has 392 valence electrons. The summed E-state index contributed by atoms with van der Waals surface area (Å²) in [6.45, 7) is 7.20. The van der Waals surface area contributed by atoms with Gasteiger partial charge in [0, 0.05) is 88.5 Å². The number of aromatic nitrogens is 2. The lowest BCUT2D eigenvalue weighted by Crippen LogP contribution is -2.51. The van der Waals surface area contributed by atoms with Crippen LogP contribution in [0, 0.1) is 29.0 Å². The van der Waals surface area contributed by atoms with E-state index in [4.69, 9.17) is 9.47 Å². The van der Waals surface area contributed by atoms with Gasteiger partial charge in [-0.1, -0.05) is 55.3 Å². The van der Waals surface area contributed by atoms with E-state index >= 15 is 0 Å². The van der Waals surface area contributed by atoms with E-state index in [0.717, 1.165) is 70.0 Å². The number of ether oxygens (including phenoxy) is 2. The number of amides is 3. The molecule has 3 aromatic carbocycles. The van der Waals surface area contributed by atoms with Gasteiger partial charge in [0.25, 0.3) is 11.5 Å². The SMILES string of the molecule is CC(=O)C1CCC2C3CCC4=CC(=O)CCC4=C3C(c3ccc(N(C)CCCCCC(=O)NCCOCCOCC(=O)N4CCN(C(=O)c5cc(Cc6n[nH]c(=O)c7ccccc67)ccc5F)CC4)cc3)CC12C. The number of piperazine rings is 1. The third-order valence-corrected chi connectivity index (χ3v) is 16.8. The fourth-order valence-electron chi connectivity index (χ4n) is 13.0. The lowest BCUT2D eigenvalue weighted by Gasteiger charge is -2.52. The molecule has 9 rings (SSSR count). The zero-order valence-electron chi connectivity index (χ0n) is 43.2. The van der Waals surface area contributed by atoms with Gasteiger partial charge in [-0.05, 0) is 134 Å². The smallest absolute Gasteiger partial charge is 0.272 e. The molecular formula is C59H71FN6O8. The van der Waals surface area contributed by atoms with Crippen molar-refractivity contribution in [2.24, 2.45) is 23.2 Å². The van der Waals surface area contributed by atoms with Crippen LogP contribution in [0.3, 0.4) is 0 Å². The molecule has 5 unspecified atom stereocenters. The summed E-state index contributed by atoms with van der Waals surface area (Å²) in [5, 5.41) is 10.8. The molecule has 1 aromatic heterocycles. The van der Waals surface area contributed by atoms with Crippen molar-refractivity contribution in [2.75, 3.05) is 77.6 Å². The maximum atomic E-state index is 15.0. The molecule has 3 fully saturated rings. The minimum Gasteiger partial charge on any atom is -0.377 e. The number of fused-ring (bicyclic) bond motifs is 5. The monoisotopic (exact) mass is 1010 g/mol. The Morgan fingerprint density at radius 2 is 1.62 bits per heavy atom. The summed E-state index contributed by atoms with van der Waals surface area (Å²) in [7, 11) is 2.12. The average Bonchev–Trinajstić information content (AvgIpc) is 3.77. The largest absolute Gasteiger partial charge is 0.377 e.